The molecule has 0 bridgehead atoms. The van der Waals surface area contributed by atoms with Crippen LogP contribution in [0.15, 0.2) is 12.2 Å². The fourth-order valence-corrected chi connectivity index (χ4v) is 6.86. The molecular weight excluding hydrogens is 646 g/mol. The first-order chi connectivity index (χ1) is 24.8. The van der Waals surface area contributed by atoms with E-state index in [2.05, 4.69) is 31.3 Å². The van der Waals surface area contributed by atoms with E-state index in [1.807, 2.05) is 0 Å². The Hall–Kier alpha value is -1.07. The molecule has 1 saturated heterocycles. The summed E-state index contributed by atoms with van der Waals surface area (Å²) >= 11 is 0. The number of hydrogen-bond acceptors (Lipinski definition) is 8. The highest BCUT2D eigenvalue weighted by Crippen LogP contribution is 2.23. The normalized spacial score (nSPS) is 22.1. The monoisotopic (exact) mass is 728 g/mol. The molecule has 9 heteroatoms. The molecule has 302 valence electrons. The average Bonchev–Trinajstić information content (AvgIpc) is 3.13. The van der Waals surface area contributed by atoms with Crippen LogP contribution < -0.4 is 5.32 Å². The van der Waals surface area contributed by atoms with Crippen LogP contribution >= 0.6 is 0 Å². The molecule has 0 unspecified atom stereocenters. The molecule has 1 heterocycles. The van der Waals surface area contributed by atoms with Gasteiger partial charge in [0.25, 0.3) is 0 Å². The van der Waals surface area contributed by atoms with E-state index in [1.165, 1.54) is 116 Å². The number of hydrogen-bond donors (Lipinski definition) is 6. The lowest BCUT2D eigenvalue weighted by molar-refractivity contribution is -0.302. The molecule has 0 aromatic rings. The number of ether oxygens (including phenoxy) is 2. The van der Waals surface area contributed by atoms with Crippen LogP contribution in [0, 0.1) is 0 Å². The molecule has 0 aromatic carbocycles. The number of carbonyl (C=O) groups excluding carboxylic acids is 1. The standard InChI is InChI=1S/C42H81NO8/c1-3-5-7-9-11-13-15-17-18-20-22-24-26-28-30-32-38(46)43-35(34-50-42-41(49)40(48)39(47)37(33-44)51-42)36(45)31-29-27-25-23-21-19-16-14-12-10-8-6-4-2/h17-18,35-37,39-42,44-45,47-49H,3-16,19-34H2,1-2H3,(H,43,46)/b18-17-/t35-,36+,37+,39-,40-,41+,42-/m0/s1. The molecule has 0 saturated carbocycles. The maximum absolute atomic E-state index is 12.9. The van der Waals surface area contributed by atoms with E-state index in [9.17, 15) is 30.3 Å². The van der Waals surface area contributed by atoms with Crippen LogP contribution in [-0.2, 0) is 14.3 Å². The molecule has 9 nitrogen and oxygen atoms in total. The summed E-state index contributed by atoms with van der Waals surface area (Å²) in [4.78, 5) is 12.9. The van der Waals surface area contributed by atoms with Crippen molar-refractivity contribution in [3.05, 3.63) is 12.2 Å². The zero-order valence-corrected chi connectivity index (χ0v) is 32.9. The molecule has 51 heavy (non-hydrogen) atoms. The van der Waals surface area contributed by atoms with Crippen molar-refractivity contribution in [1.82, 2.24) is 5.32 Å². The first-order valence-electron chi connectivity index (χ1n) is 21.4. The second-order valence-electron chi connectivity index (χ2n) is 15.1. The van der Waals surface area contributed by atoms with Gasteiger partial charge in [-0.15, -0.1) is 0 Å². The van der Waals surface area contributed by atoms with Crippen molar-refractivity contribution in [2.75, 3.05) is 13.2 Å². The van der Waals surface area contributed by atoms with Crippen LogP contribution in [0.1, 0.15) is 194 Å². The Kier molecular flexibility index (Phi) is 31.5. The zero-order chi connectivity index (χ0) is 37.4. The molecule has 6 N–H and O–H groups in total. The van der Waals surface area contributed by atoms with Gasteiger partial charge in [0.15, 0.2) is 6.29 Å². The minimum Gasteiger partial charge on any atom is -0.394 e. The number of aliphatic hydroxyl groups excluding tert-OH is 5. The predicted octanol–water partition coefficient (Wildman–Crippen LogP) is 8.17. The lowest BCUT2D eigenvalue weighted by Gasteiger charge is -2.40. The summed E-state index contributed by atoms with van der Waals surface area (Å²) in [6.45, 7) is 3.81. The third-order valence-electron chi connectivity index (χ3n) is 10.4. The molecule has 0 aromatic heterocycles. The highest BCUT2D eigenvalue weighted by Gasteiger charge is 2.44. The summed E-state index contributed by atoms with van der Waals surface area (Å²) in [5.74, 6) is -0.153. The van der Waals surface area contributed by atoms with Gasteiger partial charge in [-0.25, -0.2) is 0 Å². The van der Waals surface area contributed by atoms with Crippen LogP contribution in [0.25, 0.3) is 0 Å². The van der Waals surface area contributed by atoms with E-state index < -0.39 is 49.5 Å². The van der Waals surface area contributed by atoms with Gasteiger partial charge in [-0.3, -0.25) is 4.79 Å². The summed E-state index contributed by atoms with van der Waals surface area (Å²) in [7, 11) is 0. The molecule has 1 aliphatic heterocycles. The van der Waals surface area contributed by atoms with Gasteiger partial charge in [0.1, 0.15) is 24.4 Å². The van der Waals surface area contributed by atoms with Gasteiger partial charge in [0.2, 0.25) is 5.91 Å². The summed E-state index contributed by atoms with van der Waals surface area (Å²) < 4.78 is 11.2. The highest BCUT2D eigenvalue weighted by atomic mass is 16.7. The van der Waals surface area contributed by atoms with Crippen LogP contribution in [-0.4, -0.2) is 87.5 Å². The van der Waals surface area contributed by atoms with Crippen molar-refractivity contribution in [3.8, 4) is 0 Å². The summed E-state index contributed by atoms with van der Waals surface area (Å²) in [6, 6.07) is -0.717. The van der Waals surface area contributed by atoms with Gasteiger partial charge < -0.3 is 40.3 Å². The lowest BCUT2D eigenvalue weighted by atomic mass is 9.99. The van der Waals surface area contributed by atoms with Crippen molar-refractivity contribution in [2.45, 2.75) is 236 Å². The second kappa shape index (κ2) is 33.5. The molecular formula is C42H81NO8. The van der Waals surface area contributed by atoms with Crippen molar-refractivity contribution >= 4 is 5.91 Å². The Balaban J connectivity index is 2.38. The second-order valence-corrected chi connectivity index (χ2v) is 15.1. The van der Waals surface area contributed by atoms with Crippen LogP contribution in [0.5, 0.6) is 0 Å². The van der Waals surface area contributed by atoms with Crippen LogP contribution in [0.3, 0.4) is 0 Å². The van der Waals surface area contributed by atoms with Crippen molar-refractivity contribution < 1.29 is 39.8 Å². The summed E-state index contributed by atoms with van der Waals surface area (Å²) in [5, 5.41) is 54.2. The Bertz CT molecular complexity index is 812. The fourth-order valence-electron chi connectivity index (χ4n) is 6.86. The SMILES string of the molecule is CCCCCCCC/C=C\CCCCCCCC(=O)N[C@@H](CO[C@H]1O[C@H](CO)[C@H](O)[C@H](O)[C@H]1O)[C@H](O)CCCCCCCCCCCCCCC. The first kappa shape index (κ1) is 48.0. The lowest BCUT2D eigenvalue weighted by Crippen LogP contribution is -2.60. The maximum Gasteiger partial charge on any atom is 0.220 e. The molecule has 0 radical (unpaired) electrons. The number of rotatable bonds is 35. The zero-order valence-electron chi connectivity index (χ0n) is 32.9. The van der Waals surface area contributed by atoms with Gasteiger partial charge in [-0.05, 0) is 38.5 Å². The molecule has 1 rings (SSSR count). The number of allylic oxidation sites excluding steroid dienone is 2. The van der Waals surface area contributed by atoms with E-state index >= 15 is 0 Å². The van der Waals surface area contributed by atoms with E-state index in [1.54, 1.807) is 0 Å². The van der Waals surface area contributed by atoms with Gasteiger partial charge >= 0.3 is 0 Å². The number of carbonyl (C=O) groups is 1. The number of nitrogens with one attached hydrogen (secondary N) is 1. The first-order valence-corrected chi connectivity index (χ1v) is 21.4. The molecule has 1 fully saturated rings. The third-order valence-corrected chi connectivity index (χ3v) is 10.4. The summed E-state index contributed by atoms with van der Waals surface area (Å²) in [5.41, 5.74) is 0. The molecule has 0 aliphatic carbocycles. The number of amides is 1. The maximum atomic E-state index is 12.9. The van der Waals surface area contributed by atoms with Crippen LogP contribution in [0.4, 0.5) is 0 Å². The molecule has 7 atom stereocenters. The number of aliphatic hydroxyl groups is 5. The van der Waals surface area contributed by atoms with E-state index in [-0.39, 0.29) is 12.5 Å². The van der Waals surface area contributed by atoms with Gasteiger partial charge in [-0.2, -0.15) is 0 Å². The smallest absolute Gasteiger partial charge is 0.220 e. The Morgan fingerprint density at radius 2 is 1.10 bits per heavy atom. The van der Waals surface area contributed by atoms with Gasteiger partial charge in [0, 0.05) is 6.42 Å². The van der Waals surface area contributed by atoms with E-state index in [0.717, 1.165) is 51.4 Å². The largest absolute Gasteiger partial charge is 0.394 e. The molecule has 0 spiro atoms. The van der Waals surface area contributed by atoms with Crippen LogP contribution in [0.2, 0.25) is 0 Å². The minimum atomic E-state index is -1.55. The Morgan fingerprint density at radius 1 is 0.647 bits per heavy atom. The van der Waals surface area contributed by atoms with Gasteiger partial charge in [0.05, 0.1) is 25.4 Å². The third kappa shape index (κ3) is 24.8. The van der Waals surface area contributed by atoms with Crippen molar-refractivity contribution in [1.29, 1.82) is 0 Å². The van der Waals surface area contributed by atoms with E-state index in [0.29, 0.717) is 12.8 Å². The minimum absolute atomic E-state index is 0.138. The average molecular weight is 728 g/mol. The van der Waals surface area contributed by atoms with E-state index in [4.69, 9.17) is 9.47 Å². The Labute approximate surface area is 312 Å². The predicted molar refractivity (Wildman–Crippen MR) is 207 cm³/mol. The van der Waals surface area contributed by atoms with Gasteiger partial charge in [-0.1, -0.05) is 161 Å². The van der Waals surface area contributed by atoms with Crippen molar-refractivity contribution in [2.24, 2.45) is 0 Å². The molecule has 1 aliphatic rings. The molecule has 1 amide bonds. The quantitative estimate of drug-likeness (QED) is 0.0283. The van der Waals surface area contributed by atoms with Crippen molar-refractivity contribution in [3.63, 3.8) is 0 Å². The fraction of sp³-hybridized carbons (Fsp3) is 0.929. The Morgan fingerprint density at radius 3 is 1.59 bits per heavy atom. The summed E-state index contributed by atoms with van der Waals surface area (Å²) in [6.07, 6.45) is 29.2. The topological polar surface area (TPSA) is 149 Å². The highest BCUT2D eigenvalue weighted by molar-refractivity contribution is 5.76. The number of unbranched alkanes of at least 4 members (excludes halogenated alkanes) is 23.